The van der Waals surface area contributed by atoms with Gasteiger partial charge in [0, 0.05) is 18.1 Å². The van der Waals surface area contributed by atoms with E-state index in [0.717, 1.165) is 5.56 Å². The highest BCUT2D eigenvalue weighted by molar-refractivity contribution is 7.89. The summed E-state index contributed by atoms with van der Waals surface area (Å²) in [5, 5.41) is 15.5. The molecule has 0 radical (unpaired) electrons. The molecule has 0 aromatic heterocycles. The van der Waals surface area contributed by atoms with Crippen LogP contribution in [-0.4, -0.2) is 48.1 Å². The predicted octanol–water partition coefficient (Wildman–Crippen LogP) is 1.80. The van der Waals surface area contributed by atoms with E-state index in [2.05, 4.69) is 10.6 Å². The van der Waals surface area contributed by atoms with Gasteiger partial charge in [0.15, 0.2) is 0 Å². The van der Waals surface area contributed by atoms with Gasteiger partial charge in [0.05, 0.1) is 11.9 Å². The summed E-state index contributed by atoms with van der Waals surface area (Å²) in [6, 6.07) is 14.1. The van der Waals surface area contributed by atoms with Crippen LogP contribution in [0.2, 0.25) is 5.02 Å². The zero-order chi connectivity index (χ0) is 21.7. The third-order valence-corrected chi connectivity index (χ3v) is 6.78. The van der Waals surface area contributed by atoms with E-state index in [1.807, 2.05) is 6.07 Å². The number of sulfonamides is 1. The van der Waals surface area contributed by atoms with Crippen molar-refractivity contribution in [1.29, 1.82) is 0 Å². The molecule has 1 saturated heterocycles. The molecule has 160 valence electrons. The molecule has 2 atom stereocenters. The fourth-order valence-corrected chi connectivity index (χ4v) is 4.84. The van der Waals surface area contributed by atoms with Gasteiger partial charge in [-0.15, -0.1) is 0 Å². The Morgan fingerprint density at radius 2 is 1.83 bits per heavy atom. The number of carbonyl (C=O) groups excluding carboxylic acids is 2. The number of benzene rings is 2. The Hall–Kier alpha value is -2.46. The highest BCUT2D eigenvalue weighted by atomic mass is 35.5. The van der Waals surface area contributed by atoms with E-state index >= 15 is 0 Å². The minimum absolute atomic E-state index is 0.0595. The standard InChI is InChI=1S/C20H22ClN3O5S/c21-16-8-4-7-15(11-16)18(25)13-24(12-14-5-2-1-3-6-14)30(28,29)10-9-17-19(26)23-20(27)22-17/h1-8,11,17-18,25H,9-10,12-13H2,(H2,22,23,26,27). The van der Waals surface area contributed by atoms with Gasteiger partial charge in [-0.05, 0) is 29.7 Å². The van der Waals surface area contributed by atoms with Crippen molar-refractivity contribution >= 4 is 33.6 Å². The fraction of sp³-hybridized carbons (Fsp3) is 0.300. The summed E-state index contributed by atoms with van der Waals surface area (Å²) in [7, 11) is -3.85. The van der Waals surface area contributed by atoms with Crippen molar-refractivity contribution in [3.8, 4) is 0 Å². The Morgan fingerprint density at radius 3 is 2.47 bits per heavy atom. The maximum atomic E-state index is 13.1. The number of urea groups is 1. The average Bonchev–Trinajstić information content (AvgIpc) is 3.04. The molecule has 0 saturated carbocycles. The van der Waals surface area contributed by atoms with Crippen LogP contribution in [-0.2, 0) is 21.4 Å². The van der Waals surface area contributed by atoms with Crippen molar-refractivity contribution in [3.63, 3.8) is 0 Å². The molecule has 0 aliphatic carbocycles. The van der Waals surface area contributed by atoms with E-state index in [0.29, 0.717) is 10.6 Å². The third kappa shape index (κ3) is 5.79. The zero-order valence-electron chi connectivity index (χ0n) is 16.0. The van der Waals surface area contributed by atoms with E-state index in [-0.39, 0.29) is 25.3 Å². The minimum Gasteiger partial charge on any atom is -0.387 e. The SMILES string of the molecule is O=C1NC(=O)C(CCS(=O)(=O)N(Cc2ccccc2)CC(O)c2cccc(Cl)c2)N1. The molecule has 1 aliphatic heterocycles. The van der Waals surface area contributed by atoms with Crippen molar-refractivity contribution in [2.75, 3.05) is 12.3 Å². The lowest BCUT2D eigenvalue weighted by Gasteiger charge is -2.25. The number of aliphatic hydroxyl groups excluding tert-OH is 1. The monoisotopic (exact) mass is 451 g/mol. The third-order valence-electron chi connectivity index (χ3n) is 4.73. The molecule has 1 heterocycles. The molecule has 0 spiro atoms. The van der Waals surface area contributed by atoms with E-state index in [9.17, 15) is 23.1 Å². The lowest BCUT2D eigenvalue weighted by molar-refractivity contribution is -0.120. The van der Waals surface area contributed by atoms with E-state index < -0.39 is 34.1 Å². The molecule has 3 amide bonds. The quantitative estimate of drug-likeness (QED) is 0.503. The second kappa shape index (κ2) is 9.57. The van der Waals surface area contributed by atoms with Gasteiger partial charge >= 0.3 is 6.03 Å². The van der Waals surface area contributed by atoms with Crippen LogP contribution in [0.25, 0.3) is 0 Å². The summed E-state index contributed by atoms with van der Waals surface area (Å²) in [5.74, 6) is -0.913. The summed E-state index contributed by atoms with van der Waals surface area (Å²) >= 11 is 5.98. The first-order valence-corrected chi connectivity index (χ1v) is 11.3. The Kier molecular flexibility index (Phi) is 7.09. The number of aliphatic hydroxyl groups is 1. The van der Waals surface area contributed by atoms with Crippen molar-refractivity contribution in [2.24, 2.45) is 0 Å². The number of halogens is 1. The molecular weight excluding hydrogens is 430 g/mol. The van der Waals surface area contributed by atoms with Crippen molar-refractivity contribution in [3.05, 3.63) is 70.7 Å². The van der Waals surface area contributed by atoms with Gasteiger partial charge in [-0.25, -0.2) is 13.2 Å². The number of nitrogens with one attached hydrogen (secondary N) is 2. The van der Waals surface area contributed by atoms with Gasteiger partial charge in [0.25, 0.3) is 5.91 Å². The van der Waals surface area contributed by atoms with E-state index in [4.69, 9.17) is 11.6 Å². The maximum absolute atomic E-state index is 13.1. The van der Waals surface area contributed by atoms with Crippen LogP contribution in [0.15, 0.2) is 54.6 Å². The first kappa shape index (κ1) is 22.2. The van der Waals surface area contributed by atoms with Crippen LogP contribution in [0, 0.1) is 0 Å². The number of imide groups is 1. The molecule has 2 aromatic carbocycles. The second-order valence-electron chi connectivity index (χ2n) is 6.97. The van der Waals surface area contributed by atoms with Gasteiger partial charge in [-0.2, -0.15) is 4.31 Å². The molecule has 2 unspecified atom stereocenters. The van der Waals surface area contributed by atoms with Gasteiger partial charge in [0.2, 0.25) is 10.0 Å². The molecule has 10 heteroatoms. The van der Waals surface area contributed by atoms with Crippen molar-refractivity contribution in [2.45, 2.75) is 25.1 Å². The number of amides is 3. The maximum Gasteiger partial charge on any atom is 0.322 e. The Labute approximate surface area is 179 Å². The van der Waals surface area contributed by atoms with Crippen molar-refractivity contribution < 1.29 is 23.1 Å². The Balaban J connectivity index is 1.77. The lowest BCUT2D eigenvalue weighted by atomic mass is 10.1. The number of nitrogens with zero attached hydrogens (tertiary/aromatic N) is 1. The fourth-order valence-electron chi connectivity index (χ4n) is 3.13. The smallest absolute Gasteiger partial charge is 0.322 e. The number of rotatable bonds is 9. The molecule has 3 rings (SSSR count). The minimum atomic E-state index is -3.85. The predicted molar refractivity (Wildman–Crippen MR) is 112 cm³/mol. The molecule has 0 bridgehead atoms. The van der Waals surface area contributed by atoms with Crippen LogP contribution in [0.3, 0.4) is 0 Å². The zero-order valence-corrected chi connectivity index (χ0v) is 17.6. The van der Waals surface area contributed by atoms with Gasteiger partial charge < -0.3 is 10.4 Å². The van der Waals surface area contributed by atoms with Gasteiger partial charge in [-0.3, -0.25) is 10.1 Å². The van der Waals surface area contributed by atoms with Gasteiger partial charge in [0.1, 0.15) is 6.04 Å². The molecular formula is C20H22ClN3O5S. The average molecular weight is 452 g/mol. The van der Waals surface area contributed by atoms with Gasteiger partial charge in [-0.1, -0.05) is 54.1 Å². The largest absolute Gasteiger partial charge is 0.387 e. The number of carbonyl (C=O) groups is 2. The number of hydrogen-bond donors (Lipinski definition) is 3. The summed E-state index contributed by atoms with van der Waals surface area (Å²) < 4.78 is 27.3. The van der Waals surface area contributed by atoms with Crippen LogP contribution in [0.5, 0.6) is 0 Å². The topological polar surface area (TPSA) is 116 Å². The summed E-state index contributed by atoms with van der Waals surface area (Å²) in [5.41, 5.74) is 1.25. The second-order valence-corrected chi connectivity index (χ2v) is 9.49. The molecule has 1 aliphatic rings. The Morgan fingerprint density at radius 1 is 1.10 bits per heavy atom. The highest BCUT2D eigenvalue weighted by Crippen LogP contribution is 2.22. The van der Waals surface area contributed by atoms with Crippen LogP contribution in [0.1, 0.15) is 23.7 Å². The summed E-state index contributed by atoms with van der Waals surface area (Å²) in [6.45, 7) is -0.120. The molecule has 30 heavy (non-hydrogen) atoms. The molecule has 8 nitrogen and oxygen atoms in total. The van der Waals surface area contributed by atoms with Crippen molar-refractivity contribution in [1.82, 2.24) is 14.9 Å². The van der Waals surface area contributed by atoms with Crippen LogP contribution < -0.4 is 10.6 Å². The lowest BCUT2D eigenvalue weighted by Crippen LogP contribution is -2.38. The Bertz CT molecular complexity index is 1020. The first-order chi connectivity index (χ1) is 14.2. The number of hydrogen-bond acceptors (Lipinski definition) is 5. The van der Waals surface area contributed by atoms with E-state index in [1.54, 1.807) is 48.5 Å². The molecule has 1 fully saturated rings. The van der Waals surface area contributed by atoms with Crippen LogP contribution in [0.4, 0.5) is 4.79 Å². The summed E-state index contributed by atoms with van der Waals surface area (Å²) in [6.07, 6.45) is -1.16. The van der Waals surface area contributed by atoms with E-state index in [1.165, 1.54) is 4.31 Å². The first-order valence-electron chi connectivity index (χ1n) is 9.31. The molecule has 3 N–H and O–H groups in total. The summed E-state index contributed by atoms with van der Waals surface area (Å²) in [4.78, 5) is 22.9. The molecule has 2 aromatic rings. The highest BCUT2D eigenvalue weighted by Gasteiger charge is 2.32. The normalized spacial score (nSPS) is 17.6. The van der Waals surface area contributed by atoms with Crippen LogP contribution >= 0.6 is 11.6 Å².